The van der Waals surface area contributed by atoms with Gasteiger partial charge in [-0.25, -0.2) is 0 Å². The second-order valence-electron chi connectivity index (χ2n) is 6.81. The number of benzene rings is 2. The van der Waals surface area contributed by atoms with Crippen LogP contribution in [0, 0.1) is 0 Å². The molecule has 0 unspecified atom stereocenters. The van der Waals surface area contributed by atoms with Crippen molar-refractivity contribution in [2.24, 2.45) is 0 Å². The van der Waals surface area contributed by atoms with Crippen molar-refractivity contribution in [2.45, 2.75) is 38.9 Å². The van der Waals surface area contributed by atoms with E-state index >= 15 is 0 Å². The first-order valence-electron chi connectivity index (χ1n) is 7.57. The Bertz CT molecular complexity index is 787. The van der Waals surface area contributed by atoms with E-state index in [1.165, 1.54) is 0 Å². The van der Waals surface area contributed by atoms with Crippen molar-refractivity contribution in [1.82, 2.24) is 0 Å². The Hall–Kier alpha value is 1.48. The molecule has 0 aliphatic carbocycles. The fourth-order valence-corrected chi connectivity index (χ4v) is 6.87. The van der Waals surface area contributed by atoms with Crippen LogP contribution in [0.3, 0.4) is 0 Å². The monoisotopic (exact) mass is 702 g/mol. The number of hydrogen-bond donors (Lipinski definition) is 0. The van der Waals surface area contributed by atoms with Crippen LogP contribution in [0.25, 0.3) is 0 Å². The van der Waals surface area contributed by atoms with Crippen LogP contribution in [0.1, 0.15) is 38.8 Å². The third kappa shape index (κ3) is 5.04. The second-order valence-corrected chi connectivity index (χ2v) is 11.7. The highest BCUT2D eigenvalue weighted by Crippen LogP contribution is 2.50. The molecule has 0 aromatic heterocycles. The van der Waals surface area contributed by atoms with Gasteiger partial charge in [0, 0.05) is 29.0 Å². The first kappa shape index (κ1) is 24.7. The number of hydrogen-bond acceptors (Lipinski definition) is 1. The maximum absolute atomic E-state index is 6.54. The summed E-state index contributed by atoms with van der Waals surface area (Å²) in [4.78, 5) is 0. The molecule has 0 atom stereocenters. The molecular weight excluding hydrogens is 694 g/mol. The molecule has 0 bridgehead atoms. The highest BCUT2D eigenvalue weighted by atomic mass is 79.9. The van der Waals surface area contributed by atoms with Crippen LogP contribution < -0.4 is 0 Å². The van der Waals surface area contributed by atoms with E-state index < -0.39 is 11.2 Å². The second kappa shape index (κ2) is 8.92. The fraction of sp³-hybridized carbons (Fsp3) is 0.333. The normalized spacial score (nSPS) is 12.6. The molecule has 2 aromatic rings. The van der Waals surface area contributed by atoms with Crippen molar-refractivity contribution < 1.29 is 4.74 Å². The topological polar surface area (TPSA) is 9.23 Å². The molecule has 0 spiro atoms. The van der Waals surface area contributed by atoms with Gasteiger partial charge in [-0.3, -0.25) is 0 Å². The van der Waals surface area contributed by atoms with Gasteiger partial charge in [-0.15, -0.1) is 0 Å². The van der Waals surface area contributed by atoms with Crippen LogP contribution in [0.5, 0.6) is 0 Å². The zero-order valence-corrected chi connectivity index (χ0v) is 24.0. The molecular formula is C18H14Br4Cl4O. The van der Waals surface area contributed by atoms with Crippen LogP contribution in [-0.2, 0) is 15.9 Å². The average Bonchev–Trinajstić information content (AvgIpc) is 2.50. The van der Waals surface area contributed by atoms with Gasteiger partial charge in [0.25, 0.3) is 0 Å². The van der Waals surface area contributed by atoms with Gasteiger partial charge in [-0.1, -0.05) is 46.4 Å². The Morgan fingerprint density at radius 3 is 1.04 bits per heavy atom. The largest absolute Gasteiger partial charge is 0.360 e. The quantitative estimate of drug-likeness (QED) is 0.288. The molecule has 0 amide bonds. The van der Waals surface area contributed by atoms with E-state index in [9.17, 15) is 0 Å². The van der Waals surface area contributed by atoms with Crippen molar-refractivity contribution in [3.63, 3.8) is 0 Å². The maximum atomic E-state index is 6.54. The number of ether oxygens (including phenoxy) is 1. The van der Waals surface area contributed by atoms with Crippen molar-refractivity contribution in [3.8, 4) is 0 Å². The van der Waals surface area contributed by atoms with E-state index in [0.717, 1.165) is 0 Å². The van der Waals surface area contributed by atoms with Crippen LogP contribution >= 0.6 is 110 Å². The predicted molar refractivity (Wildman–Crippen MR) is 131 cm³/mol. The van der Waals surface area contributed by atoms with Crippen molar-refractivity contribution in [3.05, 3.63) is 61.2 Å². The highest BCUT2D eigenvalue weighted by Gasteiger charge is 2.38. The predicted octanol–water partition coefficient (Wildman–Crippen LogP) is 10.5. The third-order valence-electron chi connectivity index (χ3n) is 3.94. The smallest absolute Gasteiger partial charge is 0.0916 e. The van der Waals surface area contributed by atoms with Crippen LogP contribution in [-0.4, -0.2) is 0 Å². The molecule has 27 heavy (non-hydrogen) atoms. The lowest BCUT2D eigenvalue weighted by Gasteiger charge is -2.39. The van der Waals surface area contributed by atoms with E-state index in [2.05, 4.69) is 63.7 Å². The Morgan fingerprint density at radius 1 is 0.593 bits per heavy atom. The molecule has 1 nitrogen and oxygen atoms in total. The van der Waals surface area contributed by atoms with Crippen molar-refractivity contribution >= 4 is 110 Å². The van der Waals surface area contributed by atoms with Crippen LogP contribution in [0.15, 0.2) is 30.0 Å². The highest BCUT2D eigenvalue weighted by molar-refractivity contribution is 9.11. The lowest BCUT2D eigenvalue weighted by molar-refractivity contribution is -0.132. The fourth-order valence-electron chi connectivity index (χ4n) is 2.94. The van der Waals surface area contributed by atoms with E-state index in [0.29, 0.717) is 49.1 Å². The van der Waals surface area contributed by atoms with Gasteiger partial charge < -0.3 is 4.74 Å². The van der Waals surface area contributed by atoms with E-state index in [1.54, 1.807) is 12.1 Å². The molecule has 0 aliphatic heterocycles. The Balaban J connectivity index is 2.63. The molecule has 0 saturated heterocycles. The minimum Gasteiger partial charge on any atom is -0.360 e. The van der Waals surface area contributed by atoms with Gasteiger partial charge in [0.05, 0.1) is 31.3 Å². The molecule has 0 fully saturated rings. The van der Waals surface area contributed by atoms with Gasteiger partial charge >= 0.3 is 0 Å². The SMILES string of the molecule is CC(C)(OC(C)(C)c1c(Cl)c(Br)cc(Br)c1Cl)c1c(Cl)c(Br)cc(Br)c1Cl. The molecule has 2 rings (SSSR count). The van der Waals surface area contributed by atoms with Gasteiger partial charge in [-0.05, 0) is 104 Å². The van der Waals surface area contributed by atoms with E-state index in [4.69, 9.17) is 51.1 Å². The van der Waals surface area contributed by atoms with Crippen molar-refractivity contribution in [2.75, 3.05) is 0 Å². The summed E-state index contributed by atoms with van der Waals surface area (Å²) in [6.45, 7) is 7.59. The maximum Gasteiger partial charge on any atom is 0.0916 e. The molecule has 2 aromatic carbocycles. The van der Waals surface area contributed by atoms with Crippen LogP contribution in [0.2, 0.25) is 20.1 Å². The summed E-state index contributed by atoms with van der Waals surface area (Å²) >= 11 is 40.0. The molecule has 0 aliphatic rings. The summed E-state index contributed by atoms with van der Waals surface area (Å²) in [6.07, 6.45) is 0. The summed E-state index contributed by atoms with van der Waals surface area (Å²) < 4.78 is 9.38. The zero-order valence-electron chi connectivity index (χ0n) is 14.6. The lowest BCUT2D eigenvalue weighted by atomic mass is 9.92. The molecule has 9 heteroatoms. The third-order valence-corrected chi connectivity index (χ3v) is 8.92. The van der Waals surface area contributed by atoms with E-state index in [-0.39, 0.29) is 0 Å². The van der Waals surface area contributed by atoms with Gasteiger partial charge in [-0.2, -0.15) is 0 Å². The summed E-state index contributed by atoms with van der Waals surface area (Å²) in [7, 11) is 0. The van der Waals surface area contributed by atoms with Gasteiger partial charge in [0.2, 0.25) is 0 Å². The Morgan fingerprint density at radius 2 is 0.815 bits per heavy atom. The first-order chi connectivity index (χ1) is 12.2. The Kier molecular flexibility index (Phi) is 8.17. The van der Waals surface area contributed by atoms with Gasteiger partial charge in [0.1, 0.15) is 0 Å². The van der Waals surface area contributed by atoms with Crippen molar-refractivity contribution in [1.29, 1.82) is 0 Å². The van der Waals surface area contributed by atoms with Crippen LogP contribution in [0.4, 0.5) is 0 Å². The zero-order chi connectivity index (χ0) is 20.9. The van der Waals surface area contributed by atoms with E-state index in [1.807, 2.05) is 27.7 Å². The first-order valence-corrected chi connectivity index (χ1v) is 12.3. The molecule has 0 N–H and O–H groups in total. The molecule has 0 heterocycles. The summed E-state index contributed by atoms with van der Waals surface area (Å²) in [5.74, 6) is 0. The van der Waals surface area contributed by atoms with Gasteiger partial charge in [0.15, 0.2) is 0 Å². The Labute approximate surface area is 212 Å². The standard InChI is InChI=1S/C18H14Br4Cl4O/c1-17(2,11-13(23)7(19)5-8(20)14(11)24)27-18(3,4)12-15(25)9(21)6-10(22)16(12)26/h5-6H,1-4H3. The molecule has 148 valence electrons. The number of rotatable bonds is 4. The molecule has 0 radical (unpaired) electrons. The summed E-state index contributed by atoms with van der Waals surface area (Å²) in [6, 6.07) is 3.60. The summed E-state index contributed by atoms with van der Waals surface area (Å²) in [5, 5.41) is 1.93. The summed E-state index contributed by atoms with van der Waals surface area (Å²) in [5.41, 5.74) is -0.403. The average molecular weight is 708 g/mol. The lowest BCUT2D eigenvalue weighted by Crippen LogP contribution is -2.34. The number of halogens is 8. The minimum atomic E-state index is -0.856. The minimum absolute atomic E-state index is 0.483. The molecule has 0 saturated carbocycles.